The first-order valence-electron chi connectivity index (χ1n) is 11.7. The molecule has 1 saturated heterocycles. The number of rotatable bonds is 10. The number of aromatic nitrogens is 4. The quantitative estimate of drug-likeness (QED) is 0.315. The van der Waals surface area contributed by atoms with Gasteiger partial charge < -0.3 is 20.9 Å². The van der Waals surface area contributed by atoms with E-state index in [0.29, 0.717) is 17.6 Å². The second kappa shape index (κ2) is 11.0. The summed E-state index contributed by atoms with van der Waals surface area (Å²) in [6.45, 7) is 8.71. The Morgan fingerprint density at radius 1 is 1.12 bits per heavy atom. The smallest absolute Gasteiger partial charge is 0.154 e. The van der Waals surface area contributed by atoms with E-state index in [9.17, 15) is 0 Å². The van der Waals surface area contributed by atoms with Crippen molar-refractivity contribution in [3.8, 4) is 0 Å². The number of hydrogen-bond donors (Lipinski definition) is 3. The van der Waals surface area contributed by atoms with Crippen LogP contribution in [0.5, 0.6) is 0 Å². The molecule has 3 aromatic rings. The summed E-state index contributed by atoms with van der Waals surface area (Å²) in [6, 6.07) is 7.77. The molecule has 1 aliphatic heterocycles. The van der Waals surface area contributed by atoms with Crippen LogP contribution in [-0.2, 0) is 0 Å². The molecule has 4 heterocycles. The first-order chi connectivity index (χ1) is 16.1. The Morgan fingerprint density at radius 2 is 1.97 bits per heavy atom. The predicted octanol–water partition coefficient (Wildman–Crippen LogP) is 4.35. The third-order valence-corrected chi connectivity index (χ3v) is 5.88. The fourth-order valence-corrected chi connectivity index (χ4v) is 3.93. The normalized spacial score (nSPS) is 14.7. The van der Waals surface area contributed by atoms with Gasteiger partial charge in [0.05, 0.1) is 17.2 Å². The van der Waals surface area contributed by atoms with Gasteiger partial charge in [0.15, 0.2) is 5.82 Å². The fraction of sp³-hybridized carbons (Fsp3) is 0.400. The van der Waals surface area contributed by atoms with Crippen LogP contribution in [-0.4, -0.2) is 57.5 Å². The van der Waals surface area contributed by atoms with Crippen molar-refractivity contribution in [3.63, 3.8) is 0 Å². The summed E-state index contributed by atoms with van der Waals surface area (Å²) < 4.78 is 0. The lowest BCUT2D eigenvalue weighted by molar-refractivity contribution is 0.333. The third-order valence-electron chi connectivity index (χ3n) is 5.88. The lowest BCUT2D eigenvalue weighted by Crippen LogP contribution is -2.23. The van der Waals surface area contributed by atoms with E-state index < -0.39 is 0 Å². The van der Waals surface area contributed by atoms with Crippen LogP contribution in [0, 0.1) is 5.41 Å². The van der Waals surface area contributed by atoms with Crippen LogP contribution in [0.15, 0.2) is 42.9 Å². The van der Waals surface area contributed by atoms with Crippen LogP contribution >= 0.6 is 0 Å². The molecule has 1 fully saturated rings. The SMILES string of the molecule is CC(C)c1cnnc(Nc2ccc3ncc(/C(C=N)=C/NCCCN4CCCC4)cc3n2)c1. The summed E-state index contributed by atoms with van der Waals surface area (Å²) in [5, 5.41) is 22.7. The minimum absolute atomic E-state index is 0.373. The van der Waals surface area contributed by atoms with Crippen molar-refractivity contribution >= 4 is 34.5 Å². The maximum absolute atomic E-state index is 7.85. The number of nitrogens with one attached hydrogen (secondary N) is 3. The molecule has 0 amide bonds. The third kappa shape index (κ3) is 6.10. The molecule has 0 bridgehead atoms. The number of anilines is 2. The van der Waals surface area contributed by atoms with Gasteiger partial charge in [-0.15, -0.1) is 5.10 Å². The monoisotopic (exact) mass is 444 g/mol. The molecule has 1 aliphatic rings. The molecule has 33 heavy (non-hydrogen) atoms. The second-order valence-corrected chi connectivity index (χ2v) is 8.71. The largest absolute Gasteiger partial charge is 0.390 e. The van der Waals surface area contributed by atoms with E-state index in [1.807, 2.05) is 30.5 Å². The van der Waals surface area contributed by atoms with Crippen molar-refractivity contribution in [1.82, 2.24) is 30.4 Å². The Hall–Kier alpha value is -3.39. The van der Waals surface area contributed by atoms with E-state index in [-0.39, 0.29) is 0 Å². The lowest BCUT2D eigenvalue weighted by atomic mass is 10.1. The molecule has 0 saturated carbocycles. The predicted molar refractivity (Wildman–Crippen MR) is 134 cm³/mol. The molecule has 0 aromatic carbocycles. The molecule has 4 rings (SSSR count). The van der Waals surface area contributed by atoms with E-state index in [1.165, 1.54) is 32.1 Å². The number of hydrogen-bond acceptors (Lipinski definition) is 8. The molecule has 0 radical (unpaired) electrons. The van der Waals surface area contributed by atoms with Gasteiger partial charge in [-0.1, -0.05) is 13.8 Å². The first-order valence-corrected chi connectivity index (χ1v) is 11.7. The number of fused-ring (bicyclic) bond motifs is 1. The molecule has 3 N–H and O–H groups in total. The number of pyridine rings is 2. The van der Waals surface area contributed by atoms with Gasteiger partial charge in [-0.05, 0) is 74.6 Å². The Kier molecular flexibility index (Phi) is 7.57. The van der Waals surface area contributed by atoms with E-state index in [1.54, 1.807) is 12.4 Å². The highest BCUT2D eigenvalue weighted by molar-refractivity contribution is 6.08. The van der Waals surface area contributed by atoms with Crippen molar-refractivity contribution in [1.29, 1.82) is 5.41 Å². The Morgan fingerprint density at radius 3 is 2.76 bits per heavy atom. The molecule has 172 valence electrons. The van der Waals surface area contributed by atoms with Crippen molar-refractivity contribution in [2.45, 2.75) is 39.0 Å². The lowest BCUT2D eigenvalue weighted by Gasteiger charge is -2.14. The zero-order valence-corrected chi connectivity index (χ0v) is 19.4. The maximum atomic E-state index is 7.85. The van der Waals surface area contributed by atoms with Crippen molar-refractivity contribution in [2.75, 3.05) is 31.5 Å². The molecular weight excluding hydrogens is 412 g/mol. The molecule has 0 aliphatic carbocycles. The summed E-state index contributed by atoms with van der Waals surface area (Å²) >= 11 is 0. The summed E-state index contributed by atoms with van der Waals surface area (Å²) in [4.78, 5) is 11.8. The first kappa shape index (κ1) is 22.8. The van der Waals surface area contributed by atoms with Gasteiger partial charge in [0.25, 0.3) is 0 Å². The molecule has 8 nitrogen and oxygen atoms in total. The second-order valence-electron chi connectivity index (χ2n) is 8.71. The average molecular weight is 445 g/mol. The molecule has 8 heteroatoms. The Balaban J connectivity index is 1.44. The maximum Gasteiger partial charge on any atom is 0.154 e. The van der Waals surface area contributed by atoms with Crippen LogP contribution in [0.2, 0.25) is 0 Å². The van der Waals surface area contributed by atoms with Crippen LogP contribution < -0.4 is 10.6 Å². The van der Waals surface area contributed by atoms with Crippen molar-refractivity contribution < 1.29 is 0 Å². The molecule has 3 aromatic heterocycles. The average Bonchev–Trinajstić information content (AvgIpc) is 3.35. The fourth-order valence-electron chi connectivity index (χ4n) is 3.93. The summed E-state index contributed by atoms with van der Waals surface area (Å²) in [5.41, 5.74) is 4.31. The van der Waals surface area contributed by atoms with Gasteiger partial charge in [-0.25, -0.2) is 4.98 Å². The van der Waals surface area contributed by atoms with Gasteiger partial charge >= 0.3 is 0 Å². The summed E-state index contributed by atoms with van der Waals surface area (Å²) in [6.07, 6.45) is 10.6. The molecular formula is C25H32N8. The summed E-state index contributed by atoms with van der Waals surface area (Å²) in [7, 11) is 0. The standard InChI is InChI=1S/C25H32N8/c1-18(2)19-13-25(32-29-17-19)31-24-7-6-22-23(30-24)12-20(16-28-22)21(14-26)15-27-8-5-11-33-9-3-4-10-33/h6-7,12-18,26-27H,3-5,8-11H2,1-2H3,(H,30,31,32)/b21-15+,26-14?. The van der Waals surface area contributed by atoms with Crippen molar-refractivity contribution in [2.24, 2.45) is 0 Å². The van der Waals surface area contributed by atoms with Gasteiger partial charge in [0, 0.05) is 36.3 Å². The van der Waals surface area contributed by atoms with Crippen LogP contribution in [0.1, 0.15) is 50.2 Å². The van der Waals surface area contributed by atoms with E-state index in [2.05, 4.69) is 44.6 Å². The topological polar surface area (TPSA) is 103 Å². The number of nitrogens with zero attached hydrogens (tertiary/aromatic N) is 5. The van der Waals surface area contributed by atoms with E-state index in [0.717, 1.165) is 47.2 Å². The Labute approximate surface area is 195 Å². The van der Waals surface area contributed by atoms with Gasteiger partial charge in [0.1, 0.15) is 5.82 Å². The van der Waals surface area contributed by atoms with Gasteiger partial charge in [-0.2, -0.15) is 5.10 Å². The summed E-state index contributed by atoms with van der Waals surface area (Å²) in [5.74, 6) is 1.71. The highest BCUT2D eigenvalue weighted by Gasteiger charge is 2.10. The van der Waals surface area contributed by atoms with Crippen LogP contribution in [0.3, 0.4) is 0 Å². The highest BCUT2D eigenvalue weighted by atomic mass is 15.2. The minimum atomic E-state index is 0.373. The molecule has 0 unspecified atom stereocenters. The number of likely N-dealkylation sites (tertiary alicyclic amines) is 1. The van der Waals surface area contributed by atoms with E-state index >= 15 is 0 Å². The zero-order valence-electron chi connectivity index (χ0n) is 19.4. The zero-order chi connectivity index (χ0) is 23.0. The minimum Gasteiger partial charge on any atom is -0.390 e. The number of allylic oxidation sites excluding steroid dienone is 1. The van der Waals surface area contributed by atoms with E-state index in [4.69, 9.17) is 10.4 Å². The molecule has 0 spiro atoms. The van der Waals surface area contributed by atoms with Crippen LogP contribution in [0.4, 0.5) is 11.6 Å². The highest BCUT2D eigenvalue weighted by Crippen LogP contribution is 2.21. The molecule has 0 atom stereocenters. The van der Waals surface area contributed by atoms with Gasteiger partial charge in [0.2, 0.25) is 0 Å². The van der Waals surface area contributed by atoms with Crippen LogP contribution in [0.25, 0.3) is 16.6 Å². The Bertz CT molecular complexity index is 1120. The van der Waals surface area contributed by atoms with Gasteiger partial charge in [-0.3, -0.25) is 4.98 Å². The van der Waals surface area contributed by atoms with Crippen molar-refractivity contribution in [3.05, 3.63) is 54.0 Å².